The van der Waals surface area contributed by atoms with Gasteiger partial charge in [-0.2, -0.15) is 4.31 Å². The van der Waals surface area contributed by atoms with Crippen LogP contribution in [0.5, 0.6) is 0 Å². The first kappa shape index (κ1) is 13.5. The van der Waals surface area contributed by atoms with Gasteiger partial charge in [-0.25, -0.2) is 8.42 Å². The van der Waals surface area contributed by atoms with Gasteiger partial charge < -0.3 is 5.73 Å². The van der Waals surface area contributed by atoms with Crippen LogP contribution in [0, 0.1) is 0 Å². The number of nitrogens with zero attached hydrogens (tertiary/aromatic N) is 2. The highest BCUT2D eigenvalue weighted by molar-refractivity contribution is 7.89. The van der Waals surface area contributed by atoms with E-state index in [0.29, 0.717) is 24.5 Å². The Bertz CT molecular complexity index is 543. The molecule has 3 rings (SSSR count). The number of hydrogen-bond acceptors (Lipinski definition) is 5. The predicted molar refractivity (Wildman–Crippen MR) is 75.6 cm³/mol. The molecule has 5 nitrogen and oxygen atoms in total. The third-order valence-electron chi connectivity index (χ3n) is 3.81. The van der Waals surface area contributed by atoms with Crippen LogP contribution in [0.4, 0.5) is 0 Å². The molecule has 0 radical (unpaired) electrons. The molecule has 2 fully saturated rings. The third kappa shape index (κ3) is 2.71. The van der Waals surface area contributed by atoms with Gasteiger partial charge in [0, 0.05) is 49.0 Å². The van der Waals surface area contributed by atoms with E-state index in [1.165, 1.54) is 24.2 Å². The summed E-state index contributed by atoms with van der Waals surface area (Å²) >= 11 is 1.41. The number of sulfonamides is 1. The third-order valence-corrected chi connectivity index (χ3v) is 6.79. The summed E-state index contributed by atoms with van der Waals surface area (Å²) in [4.78, 5) is 3.72. The lowest BCUT2D eigenvalue weighted by molar-refractivity contribution is 0.180. The van der Waals surface area contributed by atoms with Gasteiger partial charge in [-0.05, 0) is 18.9 Å². The van der Waals surface area contributed by atoms with Crippen molar-refractivity contribution < 1.29 is 8.42 Å². The first-order valence-corrected chi connectivity index (χ1v) is 8.95. The van der Waals surface area contributed by atoms with Crippen molar-refractivity contribution in [2.45, 2.75) is 30.3 Å². The molecule has 1 aliphatic heterocycles. The number of thiophene rings is 1. The highest BCUT2D eigenvalue weighted by Crippen LogP contribution is 2.29. The van der Waals surface area contributed by atoms with E-state index in [0.717, 1.165) is 24.0 Å². The molecule has 0 spiro atoms. The molecule has 19 heavy (non-hydrogen) atoms. The fourth-order valence-corrected chi connectivity index (χ4v) is 5.07. The highest BCUT2D eigenvalue weighted by Gasteiger charge is 2.35. The van der Waals surface area contributed by atoms with E-state index in [1.807, 2.05) is 0 Å². The molecule has 1 aromatic rings. The zero-order chi connectivity index (χ0) is 13.5. The van der Waals surface area contributed by atoms with Gasteiger partial charge in [0.25, 0.3) is 0 Å². The minimum atomic E-state index is -3.32. The molecule has 2 N–H and O–H groups in total. The van der Waals surface area contributed by atoms with Crippen LogP contribution in [-0.2, 0) is 16.6 Å². The predicted octanol–water partition coefficient (Wildman–Crippen LogP) is 0.675. The molecular weight excluding hydrogens is 282 g/mol. The maximum absolute atomic E-state index is 12.5. The van der Waals surface area contributed by atoms with E-state index in [4.69, 9.17) is 5.73 Å². The van der Waals surface area contributed by atoms with E-state index in [1.54, 1.807) is 15.8 Å². The van der Waals surface area contributed by atoms with Crippen molar-refractivity contribution in [1.29, 1.82) is 0 Å². The largest absolute Gasteiger partial charge is 0.326 e. The average Bonchev–Trinajstić information content (AvgIpc) is 3.15. The lowest BCUT2D eigenvalue weighted by Crippen LogP contribution is -2.49. The zero-order valence-electron chi connectivity index (χ0n) is 10.8. The van der Waals surface area contributed by atoms with Gasteiger partial charge in [0.1, 0.15) is 0 Å². The fourth-order valence-electron chi connectivity index (χ4n) is 2.50. The van der Waals surface area contributed by atoms with Crippen molar-refractivity contribution in [2.24, 2.45) is 5.73 Å². The van der Waals surface area contributed by atoms with Crippen LogP contribution in [0.25, 0.3) is 0 Å². The average molecular weight is 301 g/mol. The van der Waals surface area contributed by atoms with Crippen molar-refractivity contribution >= 4 is 21.4 Å². The van der Waals surface area contributed by atoms with Crippen molar-refractivity contribution in [3.63, 3.8) is 0 Å². The first-order valence-electron chi connectivity index (χ1n) is 6.63. The molecule has 7 heteroatoms. The van der Waals surface area contributed by atoms with E-state index < -0.39 is 10.0 Å². The molecule has 106 valence electrons. The molecular formula is C12H19N3O2S2. The van der Waals surface area contributed by atoms with Gasteiger partial charge in [0.2, 0.25) is 10.0 Å². The molecule has 1 saturated heterocycles. The van der Waals surface area contributed by atoms with E-state index in [-0.39, 0.29) is 0 Å². The maximum atomic E-state index is 12.5. The molecule has 0 aromatic carbocycles. The van der Waals surface area contributed by atoms with Crippen LogP contribution < -0.4 is 5.73 Å². The summed E-state index contributed by atoms with van der Waals surface area (Å²) in [5.74, 6) is 0. The van der Waals surface area contributed by atoms with Crippen LogP contribution in [0.15, 0.2) is 16.3 Å². The summed E-state index contributed by atoms with van der Waals surface area (Å²) in [6.07, 6.45) is 2.55. The second-order valence-corrected chi connectivity index (χ2v) is 8.06. The summed E-state index contributed by atoms with van der Waals surface area (Å²) in [6.45, 7) is 3.32. The Balaban J connectivity index is 1.70. The molecule has 1 aliphatic carbocycles. The minimum Gasteiger partial charge on any atom is -0.326 e. The Morgan fingerprint density at radius 1 is 1.26 bits per heavy atom. The van der Waals surface area contributed by atoms with Crippen molar-refractivity contribution in [3.05, 3.63) is 16.3 Å². The topological polar surface area (TPSA) is 66.6 Å². The lowest BCUT2D eigenvalue weighted by Gasteiger charge is -2.33. The van der Waals surface area contributed by atoms with Crippen molar-refractivity contribution in [3.8, 4) is 0 Å². The van der Waals surface area contributed by atoms with Gasteiger partial charge in [-0.1, -0.05) is 0 Å². The van der Waals surface area contributed by atoms with Crippen LogP contribution >= 0.6 is 11.3 Å². The summed E-state index contributed by atoms with van der Waals surface area (Å²) in [6, 6.07) is 2.42. The Morgan fingerprint density at radius 3 is 2.47 bits per heavy atom. The fraction of sp³-hybridized carbons (Fsp3) is 0.667. The monoisotopic (exact) mass is 301 g/mol. The molecule has 0 amide bonds. The van der Waals surface area contributed by atoms with E-state index in [9.17, 15) is 8.42 Å². The van der Waals surface area contributed by atoms with Crippen LogP contribution in [0.2, 0.25) is 0 Å². The Kier molecular flexibility index (Phi) is 3.65. The molecule has 0 unspecified atom stereocenters. The van der Waals surface area contributed by atoms with Gasteiger partial charge in [-0.3, -0.25) is 4.90 Å². The summed E-state index contributed by atoms with van der Waals surface area (Å²) < 4.78 is 26.6. The van der Waals surface area contributed by atoms with Crippen LogP contribution in [-0.4, -0.2) is 49.8 Å². The summed E-state index contributed by atoms with van der Waals surface area (Å²) in [7, 11) is -3.32. The number of piperazine rings is 1. The smallest absolute Gasteiger partial charge is 0.243 e. The quantitative estimate of drug-likeness (QED) is 0.888. The number of nitrogens with two attached hydrogens (primary N) is 1. The molecule has 2 heterocycles. The Hall–Kier alpha value is -0.470. The Morgan fingerprint density at radius 2 is 1.95 bits per heavy atom. The molecule has 1 saturated carbocycles. The van der Waals surface area contributed by atoms with Gasteiger partial charge in [0.15, 0.2) is 0 Å². The molecule has 0 atom stereocenters. The van der Waals surface area contributed by atoms with Gasteiger partial charge >= 0.3 is 0 Å². The number of hydrogen-bond donors (Lipinski definition) is 1. The second kappa shape index (κ2) is 5.14. The second-order valence-electron chi connectivity index (χ2n) is 5.12. The van der Waals surface area contributed by atoms with Crippen LogP contribution in [0.3, 0.4) is 0 Å². The molecule has 0 bridgehead atoms. The maximum Gasteiger partial charge on any atom is 0.243 e. The molecule has 1 aromatic heterocycles. The van der Waals surface area contributed by atoms with E-state index >= 15 is 0 Å². The Labute approximate surface area is 118 Å². The summed E-state index contributed by atoms with van der Waals surface area (Å²) in [5, 5.41) is 1.70. The molecule has 2 aliphatic rings. The standard InChI is InChI=1S/C12H19N3O2S2/c13-8-11-7-12(9-18-11)19(16,17)15-5-3-14(4-6-15)10-1-2-10/h7,9-10H,1-6,8,13H2. The lowest BCUT2D eigenvalue weighted by atomic mass is 10.3. The minimum absolute atomic E-state index is 0.398. The normalized spacial score (nSPS) is 22.8. The first-order chi connectivity index (χ1) is 9.11. The van der Waals surface area contributed by atoms with Crippen molar-refractivity contribution in [2.75, 3.05) is 26.2 Å². The van der Waals surface area contributed by atoms with E-state index in [2.05, 4.69) is 4.90 Å². The van der Waals surface area contributed by atoms with Crippen molar-refractivity contribution in [1.82, 2.24) is 9.21 Å². The highest BCUT2D eigenvalue weighted by atomic mass is 32.2. The van der Waals surface area contributed by atoms with Gasteiger partial charge in [-0.15, -0.1) is 11.3 Å². The van der Waals surface area contributed by atoms with Crippen LogP contribution in [0.1, 0.15) is 17.7 Å². The zero-order valence-corrected chi connectivity index (χ0v) is 12.4. The van der Waals surface area contributed by atoms with Gasteiger partial charge in [0.05, 0.1) is 4.90 Å². The summed E-state index contributed by atoms with van der Waals surface area (Å²) in [5.41, 5.74) is 5.54. The SMILES string of the molecule is NCc1cc(S(=O)(=O)N2CCN(C3CC3)CC2)cs1. The number of rotatable bonds is 4.